The van der Waals surface area contributed by atoms with E-state index in [9.17, 15) is 0 Å². The molecule has 0 saturated carbocycles. The predicted octanol–water partition coefficient (Wildman–Crippen LogP) is 9.11. The van der Waals surface area contributed by atoms with Crippen molar-refractivity contribution in [3.05, 3.63) is 113 Å². The van der Waals surface area contributed by atoms with E-state index in [1.807, 2.05) is 0 Å². The lowest BCUT2D eigenvalue weighted by Gasteiger charge is -2.31. The molecule has 1 aliphatic rings. The topological polar surface area (TPSA) is 18.1 Å². The van der Waals surface area contributed by atoms with E-state index in [2.05, 4.69) is 131 Å². The Morgan fingerprint density at radius 2 is 1.32 bits per heavy atom. The van der Waals surface area contributed by atoms with E-state index in [-0.39, 0.29) is 5.41 Å². The number of nitrogens with zero attached hydrogens (tertiary/aromatic N) is 1. The van der Waals surface area contributed by atoms with E-state index >= 15 is 0 Å². The van der Waals surface area contributed by atoms with Crippen molar-refractivity contribution in [2.24, 2.45) is 0 Å². The fourth-order valence-corrected chi connectivity index (χ4v) is 5.95. The number of benzene rings is 4. The van der Waals surface area contributed by atoms with Gasteiger partial charge in [0.05, 0.1) is 22.1 Å². The monoisotopic (exact) mass is 503 g/mol. The second-order valence-corrected chi connectivity index (χ2v) is 10.4. The van der Waals surface area contributed by atoms with E-state index in [4.69, 9.17) is 4.42 Å². The van der Waals surface area contributed by atoms with Crippen molar-refractivity contribution in [3.63, 3.8) is 0 Å². The zero-order chi connectivity index (χ0) is 23.0. The normalized spacial score (nSPS) is 14.0. The smallest absolute Gasteiger partial charge is 0.171 e. The van der Waals surface area contributed by atoms with Gasteiger partial charge in [-0.3, -0.25) is 0 Å². The third kappa shape index (κ3) is 2.68. The highest BCUT2D eigenvalue weighted by molar-refractivity contribution is 9.10. The number of halogens is 1. The molecule has 0 fully saturated rings. The van der Waals surface area contributed by atoms with Crippen molar-refractivity contribution >= 4 is 37.7 Å². The van der Waals surface area contributed by atoms with Gasteiger partial charge >= 0.3 is 0 Å². The molecule has 0 amide bonds. The van der Waals surface area contributed by atoms with Crippen molar-refractivity contribution in [3.8, 4) is 27.9 Å². The first-order valence-electron chi connectivity index (χ1n) is 11.6. The molecule has 6 aromatic rings. The Morgan fingerprint density at radius 3 is 2.03 bits per heavy atom. The fraction of sp³-hybridized carbons (Fsp3) is 0.0968. The Kier molecular flexibility index (Phi) is 4.07. The standard InChI is InChI=1S/C31H22BrNO/c1-31(2)25-17-22(20-11-7-4-8-12-20)16-24-23-15-21(19-9-5-3-6-10-19)13-14-26(23)33(29(24)25)27-18-28(32)34-30(27)31/h3-18H,1-2H3. The highest BCUT2D eigenvalue weighted by Gasteiger charge is 2.39. The third-order valence-corrected chi connectivity index (χ3v) is 7.63. The largest absolute Gasteiger partial charge is 0.451 e. The molecule has 0 unspecified atom stereocenters. The van der Waals surface area contributed by atoms with Crippen LogP contribution in [-0.2, 0) is 5.41 Å². The zero-order valence-corrected chi connectivity index (χ0v) is 20.6. The summed E-state index contributed by atoms with van der Waals surface area (Å²) in [7, 11) is 0. The van der Waals surface area contributed by atoms with Gasteiger partial charge in [-0.2, -0.15) is 0 Å². The minimum absolute atomic E-state index is 0.267. The fourth-order valence-electron chi connectivity index (χ4n) is 5.57. The first-order valence-corrected chi connectivity index (χ1v) is 12.4. The lowest BCUT2D eigenvalue weighted by molar-refractivity contribution is 0.412. The highest BCUT2D eigenvalue weighted by atomic mass is 79.9. The van der Waals surface area contributed by atoms with Crippen LogP contribution >= 0.6 is 15.9 Å². The summed E-state index contributed by atoms with van der Waals surface area (Å²) in [4.78, 5) is 0. The lowest BCUT2D eigenvalue weighted by atomic mass is 9.77. The van der Waals surface area contributed by atoms with Crippen LogP contribution in [0, 0.1) is 0 Å². The van der Waals surface area contributed by atoms with Gasteiger partial charge in [0, 0.05) is 16.8 Å². The molecule has 0 N–H and O–H groups in total. The molecule has 0 spiro atoms. The molecule has 0 radical (unpaired) electrons. The minimum Gasteiger partial charge on any atom is -0.451 e. The third-order valence-electron chi connectivity index (χ3n) is 7.24. The van der Waals surface area contributed by atoms with Crippen LogP contribution in [0.5, 0.6) is 0 Å². The van der Waals surface area contributed by atoms with Crippen LogP contribution < -0.4 is 0 Å². The van der Waals surface area contributed by atoms with Crippen molar-refractivity contribution in [2.45, 2.75) is 19.3 Å². The maximum atomic E-state index is 6.26. The van der Waals surface area contributed by atoms with E-state index in [0.717, 1.165) is 16.1 Å². The van der Waals surface area contributed by atoms with Crippen molar-refractivity contribution in [2.75, 3.05) is 0 Å². The summed E-state index contributed by atoms with van der Waals surface area (Å²) in [6.45, 7) is 4.53. The Morgan fingerprint density at radius 1 is 0.676 bits per heavy atom. The summed E-state index contributed by atoms with van der Waals surface area (Å²) in [5.41, 5.74) is 9.52. The molecule has 0 bridgehead atoms. The molecule has 1 aliphatic heterocycles. The number of rotatable bonds is 2. The van der Waals surface area contributed by atoms with Crippen LogP contribution in [0.25, 0.3) is 49.7 Å². The Hall–Kier alpha value is -3.56. The van der Waals surface area contributed by atoms with Gasteiger partial charge in [-0.15, -0.1) is 0 Å². The van der Waals surface area contributed by atoms with E-state index in [1.54, 1.807) is 0 Å². The predicted molar refractivity (Wildman–Crippen MR) is 144 cm³/mol. The number of fused-ring (bicyclic) bond motifs is 5. The zero-order valence-electron chi connectivity index (χ0n) is 19.0. The SMILES string of the molecule is CC1(C)c2oc(Br)cc2-n2c3ccc(-c4ccccc4)cc3c3cc(-c4ccccc4)cc1c32. The highest BCUT2D eigenvalue weighted by Crippen LogP contribution is 2.50. The maximum absolute atomic E-state index is 6.26. The van der Waals surface area contributed by atoms with Crippen LogP contribution in [0.2, 0.25) is 0 Å². The van der Waals surface area contributed by atoms with Gasteiger partial charge < -0.3 is 8.98 Å². The number of hydrogen-bond acceptors (Lipinski definition) is 1. The summed E-state index contributed by atoms with van der Waals surface area (Å²) in [6.07, 6.45) is 0. The maximum Gasteiger partial charge on any atom is 0.171 e. The second kappa shape index (κ2) is 6.97. The van der Waals surface area contributed by atoms with Gasteiger partial charge in [-0.25, -0.2) is 0 Å². The van der Waals surface area contributed by atoms with Crippen LogP contribution in [0.3, 0.4) is 0 Å². The van der Waals surface area contributed by atoms with Gasteiger partial charge in [0.2, 0.25) is 0 Å². The van der Waals surface area contributed by atoms with E-state index < -0.39 is 0 Å². The van der Waals surface area contributed by atoms with Gasteiger partial charge in [-0.05, 0) is 81.9 Å². The van der Waals surface area contributed by atoms with Crippen molar-refractivity contribution in [1.29, 1.82) is 0 Å². The van der Waals surface area contributed by atoms with Gasteiger partial charge in [0.15, 0.2) is 4.67 Å². The number of aromatic nitrogens is 1. The molecular weight excluding hydrogens is 482 g/mol. The Balaban J connectivity index is 1.65. The average Bonchev–Trinajstić information content (AvgIpc) is 3.42. The Labute approximate surface area is 206 Å². The summed E-state index contributed by atoms with van der Waals surface area (Å²) >= 11 is 3.60. The van der Waals surface area contributed by atoms with E-state index in [1.165, 1.54) is 49.6 Å². The molecule has 0 saturated heterocycles. The lowest BCUT2D eigenvalue weighted by Crippen LogP contribution is -2.25. The molecule has 3 heteroatoms. The molecule has 0 atom stereocenters. The summed E-state index contributed by atoms with van der Waals surface area (Å²) < 4.78 is 9.41. The summed E-state index contributed by atoms with van der Waals surface area (Å²) in [5, 5.41) is 2.54. The molecule has 34 heavy (non-hydrogen) atoms. The molecular formula is C31H22BrNO. The molecule has 3 heterocycles. The van der Waals surface area contributed by atoms with Crippen LogP contribution in [0.15, 0.2) is 106 Å². The van der Waals surface area contributed by atoms with Crippen LogP contribution in [0.1, 0.15) is 25.2 Å². The molecule has 7 rings (SSSR count). The van der Waals surface area contributed by atoms with Crippen LogP contribution in [-0.4, -0.2) is 4.57 Å². The summed E-state index contributed by atoms with van der Waals surface area (Å²) in [6, 6.07) is 34.9. The van der Waals surface area contributed by atoms with E-state index in [0.29, 0.717) is 0 Å². The average molecular weight is 504 g/mol. The first kappa shape index (κ1) is 19.9. The van der Waals surface area contributed by atoms with Crippen molar-refractivity contribution in [1.82, 2.24) is 4.57 Å². The first-order chi connectivity index (χ1) is 16.5. The molecule has 2 nitrogen and oxygen atoms in total. The van der Waals surface area contributed by atoms with Crippen molar-refractivity contribution < 1.29 is 4.42 Å². The second-order valence-electron chi connectivity index (χ2n) is 9.61. The molecule has 164 valence electrons. The van der Waals surface area contributed by atoms with Crippen LogP contribution in [0.4, 0.5) is 0 Å². The number of hydrogen-bond donors (Lipinski definition) is 0. The van der Waals surface area contributed by atoms with Gasteiger partial charge in [0.25, 0.3) is 0 Å². The quantitative estimate of drug-likeness (QED) is 0.230. The molecule has 2 aromatic heterocycles. The van der Waals surface area contributed by atoms with Gasteiger partial charge in [-0.1, -0.05) is 66.7 Å². The Bertz CT molecular complexity index is 1720. The minimum atomic E-state index is -0.267. The molecule has 0 aliphatic carbocycles. The van der Waals surface area contributed by atoms with Gasteiger partial charge in [0.1, 0.15) is 5.76 Å². The molecule has 4 aromatic carbocycles. The summed E-state index contributed by atoms with van der Waals surface area (Å²) in [5.74, 6) is 0.989. The number of furan rings is 1.